The van der Waals surface area contributed by atoms with Crippen LogP contribution in [-0.4, -0.2) is 11.9 Å². The fourth-order valence-corrected chi connectivity index (χ4v) is 2.24. The molecule has 1 unspecified atom stereocenters. The number of carbonyl (C=O) groups excluding carboxylic acids is 1. The summed E-state index contributed by atoms with van der Waals surface area (Å²) >= 11 is 0. The average Bonchev–Trinajstić information content (AvgIpc) is 2.96. The Kier molecular flexibility index (Phi) is 5.43. The number of hydrogen-bond donors (Lipinski definition) is 2. The van der Waals surface area contributed by atoms with Crippen molar-refractivity contribution in [2.75, 3.05) is 5.73 Å². The zero-order valence-corrected chi connectivity index (χ0v) is 12.3. The molecule has 2 rings (SSSR count). The van der Waals surface area contributed by atoms with Crippen LogP contribution < -0.4 is 11.1 Å². The summed E-state index contributed by atoms with van der Waals surface area (Å²) < 4.78 is 5.28. The van der Waals surface area contributed by atoms with Crippen molar-refractivity contribution >= 4 is 11.6 Å². The van der Waals surface area contributed by atoms with Crippen LogP contribution in [-0.2, 0) is 17.6 Å². The highest BCUT2D eigenvalue weighted by Gasteiger charge is 2.08. The van der Waals surface area contributed by atoms with Crippen molar-refractivity contribution in [3.05, 3.63) is 54.0 Å². The standard InChI is InChI=1S/C17H22N2O2/c1-13(7-9-16-6-3-11-21-16)19-17(20)10-8-14-4-2-5-15(18)12-14/h2-6,11-13H,7-10,18H2,1H3,(H,19,20). The molecular formula is C17H22N2O2. The van der Waals surface area contributed by atoms with E-state index < -0.39 is 0 Å². The second-order valence-electron chi connectivity index (χ2n) is 5.33. The van der Waals surface area contributed by atoms with Gasteiger partial charge < -0.3 is 15.5 Å². The van der Waals surface area contributed by atoms with Gasteiger partial charge in [0.05, 0.1) is 6.26 Å². The van der Waals surface area contributed by atoms with Crippen molar-refractivity contribution in [3.8, 4) is 0 Å². The van der Waals surface area contributed by atoms with Gasteiger partial charge in [-0.2, -0.15) is 0 Å². The van der Waals surface area contributed by atoms with Gasteiger partial charge in [-0.15, -0.1) is 0 Å². The average molecular weight is 286 g/mol. The maximum absolute atomic E-state index is 11.9. The maximum Gasteiger partial charge on any atom is 0.220 e. The molecule has 1 amide bonds. The van der Waals surface area contributed by atoms with Gasteiger partial charge in [0.15, 0.2) is 0 Å². The molecule has 4 nitrogen and oxygen atoms in total. The number of anilines is 1. The van der Waals surface area contributed by atoms with Crippen LogP contribution in [0.3, 0.4) is 0 Å². The largest absolute Gasteiger partial charge is 0.469 e. The van der Waals surface area contributed by atoms with Crippen LogP contribution in [0, 0.1) is 0 Å². The van der Waals surface area contributed by atoms with E-state index in [2.05, 4.69) is 5.32 Å². The fourth-order valence-electron chi connectivity index (χ4n) is 2.24. The second kappa shape index (κ2) is 7.53. The number of nitrogens with two attached hydrogens (primary N) is 1. The predicted molar refractivity (Wildman–Crippen MR) is 83.8 cm³/mol. The monoisotopic (exact) mass is 286 g/mol. The number of nitrogens with one attached hydrogen (secondary N) is 1. The SMILES string of the molecule is CC(CCc1ccco1)NC(=O)CCc1cccc(N)c1. The highest BCUT2D eigenvalue weighted by Crippen LogP contribution is 2.09. The molecule has 0 fully saturated rings. The number of benzene rings is 1. The molecule has 1 aromatic carbocycles. The smallest absolute Gasteiger partial charge is 0.220 e. The van der Waals surface area contributed by atoms with Gasteiger partial charge in [0.25, 0.3) is 0 Å². The number of furan rings is 1. The van der Waals surface area contributed by atoms with Crippen molar-refractivity contribution in [3.63, 3.8) is 0 Å². The zero-order chi connectivity index (χ0) is 15.1. The van der Waals surface area contributed by atoms with E-state index in [-0.39, 0.29) is 11.9 Å². The van der Waals surface area contributed by atoms with Crippen LogP contribution in [0.25, 0.3) is 0 Å². The lowest BCUT2D eigenvalue weighted by Gasteiger charge is -2.13. The molecule has 3 N–H and O–H groups in total. The summed E-state index contributed by atoms with van der Waals surface area (Å²) in [6.07, 6.45) is 4.57. The van der Waals surface area contributed by atoms with Crippen molar-refractivity contribution in [1.82, 2.24) is 5.32 Å². The topological polar surface area (TPSA) is 68.3 Å². The van der Waals surface area contributed by atoms with Gasteiger partial charge in [-0.1, -0.05) is 12.1 Å². The Labute approximate surface area is 125 Å². The first-order valence-electron chi connectivity index (χ1n) is 7.29. The Morgan fingerprint density at radius 2 is 2.14 bits per heavy atom. The fraction of sp³-hybridized carbons (Fsp3) is 0.353. The lowest BCUT2D eigenvalue weighted by atomic mass is 10.1. The third-order valence-corrected chi connectivity index (χ3v) is 3.40. The normalized spacial score (nSPS) is 12.0. The Morgan fingerprint density at radius 1 is 1.29 bits per heavy atom. The van der Waals surface area contributed by atoms with Gasteiger partial charge in [0.1, 0.15) is 5.76 Å². The minimum absolute atomic E-state index is 0.0735. The summed E-state index contributed by atoms with van der Waals surface area (Å²) in [4.78, 5) is 11.9. The maximum atomic E-state index is 11.9. The van der Waals surface area contributed by atoms with Gasteiger partial charge in [-0.25, -0.2) is 0 Å². The number of aryl methyl sites for hydroxylation is 2. The number of amides is 1. The van der Waals surface area contributed by atoms with Gasteiger partial charge in [0, 0.05) is 24.6 Å². The van der Waals surface area contributed by atoms with Crippen LogP contribution in [0.5, 0.6) is 0 Å². The Balaban J connectivity index is 1.69. The van der Waals surface area contributed by atoms with E-state index in [0.29, 0.717) is 12.8 Å². The molecule has 112 valence electrons. The molecule has 0 spiro atoms. The molecule has 2 aromatic rings. The Morgan fingerprint density at radius 3 is 2.86 bits per heavy atom. The van der Waals surface area contributed by atoms with Crippen molar-refractivity contribution in [2.45, 2.75) is 38.6 Å². The highest BCUT2D eigenvalue weighted by atomic mass is 16.3. The summed E-state index contributed by atoms with van der Waals surface area (Å²) in [5.41, 5.74) is 7.55. The lowest BCUT2D eigenvalue weighted by molar-refractivity contribution is -0.121. The molecule has 21 heavy (non-hydrogen) atoms. The number of nitrogen functional groups attached to an aromatic ring is 1. The van der Waals surface area contributed by atoms with Gasteiger partial charge in [-0.05, 0) is 49.6 Å². The zero-order valence-electron chi connectivity index (χ0n) is 12.3. The van der Waals surface area contributed by atoms with E-state index in [4.69, 9.17) is 10.2 Å². The molecule has 0 aliphatic rings. The Hall–Kier alpha value is -2.23. The first-order valence-corrected chi connectivity index (χ1v) is 7.29. The molecule has 0 saturated carbocycles. The lowest BCUT2D eigenvalue weighted by Crippen LogP contribution is -2.33. The summed E-state index contributed by atoms with van der Waals surface area (Å²) in [6, 6.07) is 11.6. The molecule has 0 saturated heterocycles. The quantitative estimate of drug-likeness (QED) is 0.769. The third kappa shape index (κ3) is 5.34. The third-order valence-electron chi connectivity index (χ3n) is 3.40. The van der Waals surface area contributed by atoms with E-state index in [0.717, 1.165) is 29.9 Å². The van der Waals surface area contributed by atoms with Crippen molar-refractivity contribution < 1.29 is 9.21 Å². The van der Waals surface area contributed by atoms with E-state index >= 15 is 0 Å². The summed E-state index contributed by atoms with van der Waals surface area (Å²) in [5, 5.41) is 3.02. The van der Waals surface area contributed by atoms with E-state index in [1.165, 1.54) is 0 Å². The minimum Gasteiger partial charge on any atom is -0.469 e. The number of carbonyl (C=O) groups is 1. The summed E-state index contributed by atoms with van der Waals surface area (Å²) in [5.74, 6) is 1.03. The van der Waals surface area contributed by atoms with Crippen molar-refractivity contribution in [2.24, 2.45) is 0 Å². The molecule has 0 radical (unpaired) electrons. The molecule has 1 atom stereocenters. The summed E-state index contributed by atoms with van der Waals surface area (Å²) in [6.45, 7) is 2.02. The first kappa shape index (κ1) is 15.2. The number of rotatable bonds is 7. The van der Waals surface area contributed by atoms with Crippen molar-refractivity contribution in [1.29, 1.82) is 0 Å². The van der Waals surface area contributed by atoms with Crippen LogP contribution in [0.15, 0.2) is 47.1 Å². The molecule has 1 heterocycles. The molecule has 0 aliphatic heterocycles. The van der Waals surface area contributed by atoms with E-state index in [1.807, 2.05) is 43.3 Å². The second-order valence-corrected chi connectivity index (χ2v) is 5.33. The predicted octanol–water partition coefficient (Wildman–Crippen LogP) is 2.93. The van der Waals surface area contributed by atoms with Crippen LogP contribution >= 0.6 is 0 Å². The number of hydrogen-bond acceptors (Lipinski definition) is 3. The van der Waals surface area contributed by atoms with E-state index in [9.17, 15) is 4.79 Å². The Bertz CT molecular complexity index is 564. The first-order chi connectivity index (χ1) is 10.1. The van der Waals surface area contributed by atoms with Crippen LogP contribution in [0.1, 0.15) is 31.1 Å². The van der Waals surface area contributed by atoms with E-state index in [1.54, 1.807) is 6.26 Å². The molecule has 0 bridgehead atoms. The molecule has 4 heteroatoms. The summed E-state index contributed by atoms with van der Waals surface area (Å²) in [7, 11) is 0. The van der Waals surface area contributed by atoms with Gasteiger partial charge in [-0.3, -0.25) is 4.79 Å². The van der Waals surface area contributed by atoms with Gasteiger partial charge in [0.2, 0.25) is 5.91 Å². The van der Waals surface area contributed by atoms with Crippen LogP contribution in [0.4, 0.5) is 5.69 Å². The van der Waals surface area contributed by atoms with Crippen LogP contribution in [0.2, 0.25) is 0 Å². The van der Waals surface area contributed by atoms with Gasteiger partial charge >= 0.3 is 0 Å². The molecule has 1 aromatic heterocycles. The highest BCUT2D eigenvalue weighted by molar-refractivity contribution is 5.76. The molecule has 0 aliphatic carbocycles. The minimum atomic E-state index is 0.0735. The molecular weight excluding hydrogens is 264 g/mol.